The molecule has 0 saturated heterocycles. The molecule has 1 heterocycles. The van der Waals surface area contributed by atoms with Crippen LogP contribution in [0.4, 0.5) is 11.4 Å². The van der Waals surface area contributed by atoms with Crippen molar-refractivity contribution in [1.29, 1.82) is 0 Å². The average molecular weight is 347 g/mol. The summed E-state index contributed by atoms with van der Waals surface area (Å²) in [5.74, 6) is 6.45. The molecule has 0 bridgehead atoms. The van der Waals surface area contributed by atoms with Crippen molar-refractivity contribution in [3.63, 3.8) is 0 Å². The number of nitrogens with one attached hydrogen (secondary N) is 1. The zero-order valence-corrected chi connectivity index (χ0v) is 14.8. The Kier molecular flexibility index (Phi) is 4.85. The Morgan fingerprint density at radius 3 is 2.54 bits per heavy atom. The molecular weight excluding hydrogens is 326 g/mol. The summed E-state index contributed by atoms with van der Waals surface area (Å²) in [4.78, 5) is 11.4. The van der Waals surface area contributed by atoms with Gasteiger partial charge in [0.1, 0.15) is 11.4 Å². The zero-order valence-electron chi connectivity index (χ0n) is 14.8. The lowest BCUT2D eigenvalue weighted by atomic mass is 10.2. The number of benzene rings is 2. The number of nitrogens with zero attached hydrogens (tertiary/aromatic N) is 1. The minimum Gasteiger partial charge on any atom is -0.508 e. The van der Waals surface area contributed by atoms with Crippen LogP contribution >= 0.6 is 0 Å². The first-order chi connectivity index (χ1) is 12.5. The summed E-state index contributed by atoms with van der Waals surface area (Å²) in [6.45, 7) is 4.52. The number of amides is 1. The van der Waals surface area contributed by atoms with Crippen LogP contribution in [0.15, 0.2) is 42.5 Å². The maximum atomic E-state index is 11.4. The lowest BCUT2D eigenvalue weighted by Gasteiger charge is -2.04. The summed E-state index contributed by atoms with van der Waals surface area (Å²) >= 11 is 0. The maximum absolute atomic E-state index is 11.4. The minimum atomic E-state index is -0.0210. The van der Waals surface area contributed by atoms with Gasteiger partial charge in [-0.25, -0.2) is 0 Å². The molecule has 0 aliphatic rings. The number of nitrogen functional groups attached to an aromatic ring is 1. The van der Waals surface area contributed by atoms with E-state index in [0.29, 0.717) is 18.7 Å². The number of carbonyl (C=O) groups is 1. The maximum Gasteiger partial charge on any atom is 0.224 e. The summed E-state index contributed by atoms with van der Waals surface area (Å²) in [6, 6.07) is 12.5. The molecule has 2 aromatic carbocycles. The van der Waals surface area contributed by atoms with Crippen molar-refractivity contribution < 1.29 is 9.90 Å². The largest absolute Gasteiger partial charge is 0.508 e. The van der Waals surface area contributed by atoms with Crippen molar-refractivity contribution in [2.24, 2.45) is 0 Å². The number of carbonyl (C=O) groups excluding carboxylic acids is 1. The number of aromatic hydroxyl groups is 1. The molecule has 5 heteroatoms. The Balaban J connectivity index is 1.95. The van der Waals surface area contributed by atoms with Crippen LogP contribution in [0.3, 0.4) is 0 Å². The van der Waals surface area contributed by atoms with Gasteiger partial charge in [-0.3, -0.25) is 4.79 Å². The van der Waals surface area contributed by atoms with Gasteiger partial charge in [0, 0.05) is 35.7 Å². The van der Waals surface area contributed by atoms with Gasteiger partial charge >= 0.3 is 0 Å². The highest BCUT2D eigenvalue weighted by atomic mass is 16.3. The number of phenols is 1. The molecule has 0 spiro atoms. The number of aryl methyl sites for hydroxylation is 1. The number of nitrogens with two attached hydrogens (primary N) is 1. The van der Waals surface area contributed by atoms with Crippen molar-refractivity contribution in [3.05, 3.63) is 53.7 Å². The zero-order chi connectivity index (χ0) is 18.7. The Morgan fingerprint density at radius 2 is 1.88 bits per heavy atom. The fourth-order valence-corrected chi connectivity index (χ4v) is 2.85. The number of hydrogen-bond acceptors (Lipinski definition) is 3. The van der Waals surface area contributed by atoms with Crippen LogP contribution in [0.5, 0.6) is 5.75 Å². The second-order valence-corrected chi connectivity index (χ2v) is 5.94. The van der Waals surface area contributed by atoms with Crippen LogP contribution in [-0.4, -0.2) is 15.6 Å². The van der Waals surface area contributed by atoms with Gasteiger partial charge in [-0.2, -0.15) is 0 Å². The highest BCUT2D eigenvalue weighted by Crippen LogP contribution is 2.30. The predicted octanol–water partition coefficient (Wildman–Crippen LogP) is 3.70. The van der Waals surface area contributed by atoms with Crippen molar-refractivity contribution in [1.82, 2.24) is 4.57 Å². The first kappa shape index (κ1) is 17.4. The third-order valence-electron chi connectivity index (χ3n) is 4.22. The van der Waals surface area contributed by atoms with E-state index in [-0.39, 0.29) is 11.7 Å². The third-order valence-corrected chi connectivity index (χ3v) is 4.22. The Morgan fingerprint density at radius 1 is 1.15 bits per heavy atom. The summed E-state index contributed by atoms with van der Waals surface area (Å²) in [5.41, 5.74) is 10.1. The van der Waals surface area contributed by atoms with Gasteiger partial charge in [0.25, 0.3) is 0 Å². The first-order valence-corrected chi connectivity index (χ1v) is 8.56. The van der Waals surface area contributed by atoms with Gasteiger partial charge < -0.3 is 20.7 Å². The molecule has 0 radical (unpaired) electrons. The molecule has 4 N–H and O–H groups in total. The Hall–Kier alpha value is -3.39. The molecule has 0 aliphatic carbocycles. The Labute approximate surface area is 152 Å². The molecule has 26 heavy (non-hydrogen) atoms. The fraction of sp³-hybridized carbons (Fsp3) is 0.190. The van der Waals surface area contributed by atoms with E-state index in [1.54, 1.807) is 12.1 Å². The number of hydrogen-bond donors (Lipinski definition) is 3. The van der Waals surface area contributed by atoms with Crippen molar-refractivity contribution >= 4 is 28.2 Å². The average Bonchev–Trinajstić information content (AvgIpc) is 2.91. The summed E-state index contributed by atoms with van der Waals surface area (Å²) in [7, 11) is 0. The van der Waals surface area contributed by atoms with E-state index in [0.717, 1.165) is 27.8 Å². The summed E-state index contributed by atoms with van der Waals surface area (Å²) in [6.07, 6.45) is 0.442. The highest BCUT2D eigenvalue weighted by Gasteiger charge is 2.12. The van der Waals surface area contributed by atoms with Crippen molar-refractivity contribution in [3.8, 4) is 17.6 Å². The second kappa shape index (κ2) is 7.24. The molecule has 0 unspecified atom stereocenters. The van der Waals surface area contributed by atoms with Gasteiger partial charge in [-0.05, 0) is 49.2 Å². The third kappa shape index (κ3) is 3.35. The van der Waals surface area contributed by atoms with Crippen molar-refractivity contribution in [2.45, 2.75) is 26.8 Å². The Bertz CT molecular complexity index is 1020. The SMILES string of the molecule is CCC(=O)Nc1ccc(C#Cc2c(N)c3ccc(O)cc3n2CC)cc1. The van der Waals surface area contributed by atoms with Gasteiger partial charge in [0.15, 0.2) is 0 Å². The van der Waals surface area contributed by atoms with Gasteiger partial charge in [0.2, 0.25) is 5.91 Å². The van der Waals surface area contributed by atoms with E-state index >= 15 is 0 Å². The lowest BCUT2D eigenvalue weighted by molar-refractivity contribution is -0.115. The molecule has 0 fully saturated rings. The number of rotatable bonds is 3. The number of fused-ring (bicyclic) bond motifs is 1. The van der Waals surface area contributed by atoms with Crippen LogP contribution in [0, 0.1) is 11.8 Å². The topological polar surface area (TPSA) is 80.3 Å². The van der Waals surface area contributed by atoms with E-state index in [1.165, 1.54) is 0 Å². The fourth-order valence-electron chi connectivity index (χ4n) is 2.85. The van der Waals surface area contributed by atoms with E-state index in [1.807, 2.05) is 48.7 Å². The van der Waals surface area contributed by atoms with Crippen molar-refractivity contribution in [2.75, 3.05) is 11.1 Å². The monoisotopic (exact) mass is 347 g/mol. The molecule has 0 saturated carbocycles. The summed E-state index contributed by atoms with van der Waals surface area (Å²) in [5, 5.41) is 13.4. The molecule has 5 nitrogen and oxygen atoms in total. The molecule has 132 valence electrons. The standard InChI is InChI=1S/C21H21N3O2/c1-3-20(26)23-15-8-5-14(6-9-15)7-12-18-21(22)17-11-10-16(25)13-19(17)24(18)4-2/h5-6,8-11,13,25H,3-4,22H2,1-2H3,(H,23,26). The van der Waals surface area contributed by atoms with Crippen LogP contribution in [0.25, 0.3) is 10.9 Å². The van der Waals surface area contributed by atoms with E-state index < -0.39 is 0 Å². The van der Waals surface area contributed by atoms with Crippen LogP contribution in [0.2, 0.25) is 0 Å². The normalized spacial score (nSPS) is 10.4. The smallest absolute Gasteiger partial charge is 0.224 e. The van der Waals surface area contributed by atoms with Gasteiger partial charge in [-0.15, -0.1) is 0 Å². The molecule has 0 aliphatic heterocycles. The first-order valence-electron chi connectivity index (χ1n) is 8.56. The number of aromatic nitrogens is 1. The second-order valence-electron chi connectivity index (χ2n) is 5.94. The van der Waals surface area contributed by atoms with E-state index in [4.69, 9.17) is 5.73 Å². The number of phenolic OH excluding ortho intramolecular Hbond substituents is 1. The quantitative estimate of drug-likeness (QED) is 0.632. The molecule has 0 atom stereocenters. The van der Waals surface area contributed by atoms with E-state index in [2.05, 4.69) is 17.2 Å². The molecule has 3 aromatic rings. The van der Waals surface area contributed by atoms with Crippen LogP contribution < -0.4 is 11.1 Å². The molecule has 3 rings (SSSR count). The summed E-state index contributed by atoms with van der Waals surface area (Å²) < 4.78 is 1.99. The number of anilines is 2. The molecular formula is C21H21N3O2. The highest BCUT2D eigenvalue weighted by molar-refractivity contribution is 5.96. The minimum absolute atomic E-state index is 0.0210. The predicted molar refractivity (Wildman–Crippen MR) is 105 cm³/mol. The van der Waals surface area contributed by atoms with E-state index in [9.17, 15) is 9.90 Å². The molecule has 1 amide bonds. The van der Waals surface area contributed by atoms with Gasteiger partial charge in [-0.1, -0.05) is 12.8 Å². The lowest BCUT2D eigenvalue weighted by Crippen LogP contribution is -2.09. The van der Waals surface area contributed by atoms with Crippen LogP contribution in [-0.2, 0) is 11.3 Å². The van der Waals surface area contributed by atoms with Gasteiger partial charge in [0.05, 0.1) is 11.2 Å². The molecule has 1 aromatic heterocycles. The van der Waals surface area contributed by atoms with Crippen LogP contribution in [0.1, 0.15) is 31.5 Å².